The molecule has 0 aromatic heterocycles. The number of benzene rings is 1. The molecule has 0 bridgehead atoms. The predicted octanol–water partition coefficient (Wildman–Crippen LogP) is 2.16. The van der Waals surface area contributed by atoms with Crippen LogP contribution in [0.15, 0.2) is 36.6 Å². The van der Waals surface area contributed by atoms with Gasteiger partial charge in [-0.05, 0) is 31.2 Å². The summed E-state index contributed by atoms with van der Waals surface area (Å²) in [6.07, 6.45) is 0. The molecule has 0 aliphatic carbocycles. The van der Waals surface area contributed by atoms with E-state index >= 15 is 0 Å². The molecule has 0 fully saturated rings. The fraction of sp³-hybridized carbons (Fsp3) is 0.167. The fourth-order valence-corrected chi connectivity index (χ4v) is 1.08. The summed E-state index contributed by atoms with van der Waals surface area (Å²) in [5.74, 6) is -0.620. The van der Waals surface area contributed by atoms with E-state index in [0.717, 1.165) is 0 Å². The summed E-state index contributed by atoms with van der Waals surface area (Å²) in [5, 5.41) is 0. The number of carbonyl (C=O) groups excluding carboxylic acids is 2. The van der Waals surface area contributed by atoms with E-state index in [1.54, 1.807) is 6.92 Å². The van der Waals surface area contributed by atoms with E-state index in [4.69, 9.17) is 4.74 Å². The third-order valence-electron chi connectivity index (χ3n) is 1.81. The lowest BCUT2D eigenvalue weighted by Crippen LogP contribution is -2.05. The molecular formula is C12H12O4. The van der Waals surface area contributed by atoms with Gasteiger partial charge in [-0.25, -0.2) is 9.59 Å². The van der Waals surface area contributed by atoms with Gasteiger partial charge in [0.2, 0.25) is 0 Å². The highest BCUT2D eigenvalue weighted by Crippen LogP contribution is 2.08. The zero-order chi connectivity index (χ0) is 12.1. The van der Waals surface area contributed by atoms with Crippen molar-refractivity contribution in [3.63, 3.8) is 0 Å². The second kappa shape index (κ2) is 5.11. The van der Waals surface area contributed by atoms with Crippen LogP contribution >= 0.6 is 0 Å². The van der Waals surface area contributed by atoms with Crippen LogP contribution < -0.4 is 0 Å². The Balaban J connectivity index is 2.82. The summed E-state index contributed by atoms with van der Waals surface area (Å²) >= 11 is 0. The average Bonchev–Trinajstić information content (AvgIpc) is 2.27. The Kier molecular flexibility index (Phi) is 3.83. The average molecular weight is 220 g/mol. The summed E-state index contributed by atoms with van der Waals surface area (Å²) in [6, 6.07) is 6.00. The quantitative estimate of drug-likeness (QED) is 0.578. The molecule has 1 aromatic carbocycles. The van der Waals surface area contributed by atoms with E-state index in [1.165, 1.54) is 31.4 Å². The van der Waals surface area contributed by atoms with Crippen molar-refractivity contribution in [3.8, 4) is 0 Å². The van der Waals surface area contributed by atoms with Crippen molar-refractivity contribution in [2.75, 3.05) is 7.11 Å². The Bertz CT molecular complexity index is 417. The number of hydrogen-bond acceptors (Lipinski definition) is 4. The molecule has 0 amide bonds. The van der Waals surface area contributed by atoms with Crippen LogP contribution in [-0.4, -0.2) is 19.0 Å². The fourth-order valence-electron chi connectivity index (χ4n) is 1.08. The van der Waals surface area contributed by atoms with Crippen molar-refractivity contribution in [3.05, 3.63) is 47.7 Å². The van der Waals surface area contributed by atoms with Gasteiger partial charge in [0.15, 0.2) is 0 Å². The Morgan fingerprint density at radius 3 is 1.88 bits per heavy atom. The largest absolute Gasteiger partial charge is 0.465 e. The van der Waals surface area contributed by atoms with Gasteiger partial charge in [-0.2, -0.15) is 0 Å². The standard InChI is InChI=1S/C12H12O4/c1-8(2)16-12(14)10-6-4-9(5-7-10)11(13)15-3/h4-7H,1H2,2-3H3. The van der Waals surface area contributed by atoms with Crippen molar-refractivity contribution in [1.82, 2.24) is 0 Å². The number of rotatable bonds is 3. The maximum atomic E-state index is 11.4. The molecule has 0 N–H and O–H groups in total. The molecule has 16 heavy (non-hydrogen) atoms. The number of methoxy groups -OCH3 is 1. The lowest BCUT2D eigenvalue weighted by Gasteiger charge is -2.03. The highest BCUT2D eigenvalue weighted by molar-refractivity contribution is 5.93. The summed E-state index contributed by atoms with van der Waals surface area (Å²) < 4.78 is 9.35. The van der Waals surface area contributed by atoms with Crippen LogP contribution in [-0.2, 0) is 9.47 Å². The van der Waals surface area contributed by atoms with Gasteiger partial charge in [0.05, 0.1) is 24.0 Å². The van der Waals surface area contributed by atoms with E-state index in [-0.39, 0.29) is 0 Å². The Morgan fingerprint density at radius 1 is 1.06 bits per heavy atom. The van der Waals surface area contributed by atoms with Crippen molar-refractivity contribution in [2.45, 2.75) is 6.92 Å². The number of ether oxygens (including phenoxy) is 2. The third-order valence-corrected chi connectivity index (χ3v) is 1.81. The molecule has 0 aliphatic heterocycles. The molecule has 84 valence electrons. The molecule has 4 heteroatoms. The van der Waals surface area contributed by atoms with Crippen LogP contribution in [0.1, 0.15) is 27.6 Å². The maximum absolute atomic E-state index is 11.4. The minimum atomic E-state index is -0.496. The van der Waals surface area contributed by atoms with Crippen LogP contribution in [0, 0.1) is 0 Å². The Hall–Kier alpha value is -2.10. The van der Waals surface area contributed by atoms with Gasteiger partial charge in [0.25, 0.3) is 0 Å². The van der Waals surface area contributed by atoms with Gasteiger partial charge in [0, 0.05) is 0 Å². The summed E-state index contributed by atoms with van der Waals surface area (Å²) in [4.78, 5) is 22.5. The van der Waals surface area contributed by atoms with Gasteiger partial charge in [-0.3, -0.25) is 0 Å². The van der Waals surface area contributed by atoms with E-state index < -0.39 is 11.9 Å². The summed E-state index contributed by atoms with van der Waals surface area (Å²) in [6.45, 7) is 5.05. The molecule has 0 saturated heterocycles. The van der Waals surface area contributed by atoms with Crippen LogP contribution in [0.4, 0.5) is 0 Å². The molecule has 0 aliphatic rings. The van der Waals surface area contributed by atoms with Crippen molar-refractivity contribution < 1.29 is 19.1 Å². The van der Waals surface area contributed by atoms with E-state index in [0.29, 0.717) is 16.9 Å². The molecule has 0 unspecified atom stereocenters. The van der Waals surface area contributed by atoms with E-state index in [2.05, 4.69) is 11.3 Å². The second-order valence-corrected chi connectivity index (χ2v) is 3.16. The first kappa shape index (κ1) is 12.0. The molecule has 1 aromatic rings. The monoisotopic (exact) mass is 220 g/mol. The van der Waals surface area contributed by atoms with Crippen molar-refractivity contribution in [2.24, 2.45) is 0 Å². The van der Waals surface area contributed by atoms with Crippen molar-refractivity contribution in [1.29, 1.82) is 0 Å². The smallest absolute Gasteiger partial charge is 0.343 e. The summed E-state index contributed by atoms with van der Waals surface area (Å²) in [5.41, 5.74) is 0.741. The van der Waals surface area contributed by atoms with Crippen LogP contribution in [0.3, 0.4) is 0 Å². The first-order valence-electron chi connectivity index (χ1n) is 4.60. The first-order valence-corrected chi connectivity index (χ1v) is 4.60. The van der Waals surface area contributed by atoms with Crippen LogP contribution in [0.5, 0.6) is 0 Å². The highest BCUT2D eigenvalue weighted by atomic mass is 16.5. The second-order valence-electron chi connectivity index (χ2n) is 3.16. The minimum Gasteiger partial charge on any atom is -0.465 e. The van der Waals surface area contributed by atoms with Crippen LogP contribution in [0.25, 0.3) is 0 Å². The summed E-state index contributed by atoms with van der Waals surface area (Å²) in [7, 11) is 1.30. The molecule has 0 atom stereocenters. The predicted molar refractivity (Wildman–Crippen MR) is 58.0 cm³/mol. The number of allylic oxidation sites excluding steroid dienone is 1. The first-order chi connectivity index (χ1) is 7.54. The minimum absolute atomic E-state index is 0.321. The van der Waals surface area contributed by atoms with Gasteiger partial charge < -0.3 is 9.47 Å². The van der Waals surface area contributed by atoms with Gasteiger partial charge in [0.1, 0.15) is 0 Å². The van der Waals surface area contributed by atoms with E-state index in [9.17, 15) is 9.59 Å². The van der Waals surface area contributed by atoms with Crippen molar-refractivity contribution >= 4 is 11.9 Å². The molecule has 0 radical (unpaired) electrons. The van der Waals surface area contributed by atoms with E-state index in [1.807, 2.05) is 0 Å². The van der Waals surface area contributed by atoms with Gasteiger partial charge in [-0.1, -0.05) is 6.58 Å². The molecule has 4 nitrogen and oxygen atoms in total. The topological polar surface area (TPSA) is 52.6 Å². The van der Waals surface area contributed by atoms with Gasteiger partial charge in [-0.15, -0.1) is 0 Å². The Morgan fingerprint density at radius 2 is 1.50 bits per heavy atom. The molecule has 0 spiro atoms. The lowest BCUT2D eigenvalue weighted by atomic mass is 10.1. The third kappa shape index (κ3) is 2.95. The zero-order valence-electron chi connectivity index (χ0n) is 9.15. The maximum Gasteiger partial charge on any atom is 0.343 e. The van der Waals surface area contributed by atoms with Crippen LogP contribution in [0.2, 0.25) is 0 Å². The SMILES string of the molecule is C=C(C)OC(=O)c1ccc(C(=O)OC)cc1. The normalized spacial score (nSPS) is 9.38. The highest BCUT2D eigenvalue weighted by Gasteiger charge is 2.09. The molecule has 1 rings (SSSR count). The lowest BCUT2D eigenvalue weighted by molar-refractivity contribution is 0.0594. The molecular weight excluding hydrogens is 208 g/mol. The molecule has 0 saturated carbocycles. The number of carbonyl (C=O) groups is 2. The number of hydrogen-bond donors (Lipinski definition) is 0. The molecule has 0 heterocycles. The number of esters is 2. The zero-order valence-corrected chi connectivity index (χ0v) is 9.15. The van der Waals surface area contributed by atoms with Gasteiger partial charge >= 0.3 is 11.9 Å². The Labute approximate surface area is 93.5 Å².